The lowest BCUT2D eigenvalue weighted by Crippen LogP contribution is -2.31. The Kier molecular flexibility index (Phi) is 6.83. The number of amides is 1. The first-order valence-electron chi connectivity index (χ1n) is 8.38. The number of carbonyl (C=O) groups excluding carboxylic acids is 1. The lowest BCUT2D eigenvalue weighted by atomic mass is 10.1. The van der Waals surface area contributed by atoms with Crippen LogP contribution < -0.4 is 10.1 Å². The molecule has 1 N–H and O–H groups in total. The highest BCUT2D eigenvalue weighted by Gasteiger charge is 2.40. The van der Waals surface area contributed by atoms with Crippen molar-refractivity contribution >= 4 is 27.3 Å². The van der Waals surface area contributed by atoms with Crippen molar-refractivity contribution in [2.24, 2.45) is 5.92 Å². The zero-order chi connectivity index (χ0) is 21.1. The summed E-state index contributed by atoms with van der Waals surface area (Å²) in [5.74, 6) is -1.11. The van der Waals surface area contributed by atoms with E-state index in [0.717, 1.165) is 25.1 Å². The first kappa shape index (κ1) is 22.3. The third-order valence-corrected chi connectivity index (χ3v) is 7.22. The van der Waals surface area contributed by atoms with Gasteiger partial charge in [0.1, 0.15) is 12.3 Å². The first-order chi connectivity index (χ1) is 13.0. The maximum absolute atomic E-state index is 12.8. The van der Waals surface area contributed by atoms with Gasteiger partial charge < -0.3 is 10.1 Å². The Morgan fingerprint density at radius 1 is 1.43 bits per heavy atom. The fourth-order valence-electron chi connectivity index (χ4n) is 2.97. The molecule has 6 nitrogen and oxygen atoms in total. The topological polar surface area (TPSA) is 96.3 Å². The number of hydrogen-bond donors (Lipinski definition) is 1. The number of nitriles is 1. The highest BCUT2D eigenvalue weighted by molar-refractivity contribution is 7.92. The van der Waals surface area contributed by atoms with Crippen LogP contribution in [0.15, 0.2) is 23.1 Å². The Morgan fingerprint density at radius 3 is 2.68 bits per heavy atom. The number of alkyl halides is 3. The van der Waals surface area contributed by atoms with Gasteiger partial charge in [0.15, 0.2) is 15.9 Å². The number of halogens is 4. The minimum atomic E-state index is -4.57. The van der Waals surface area contributed by atoms with Crippen LogP contribution in [0.2, 0.25) is 5.02 Å². The number of ether oxygens (including phenoxy) is 1. The zero-order valence-corrected chi connectivity index (χ0v) is 16.4. The van der Waals surface area contributed by atoms with Gasteiger partial charge in [-0.25, -0.2) is 8.42 Å². The third kappa shape index (κ3) is 5.08. The standard InChI is InChI=1S/C17H18ClF3N2O4S/c1-10(17(19,20)21)27-12-3-5-15(14(18)9-12)28(25,26)13-4-2-11(8-13)16(24)23-7-6-22/h3,5,9-11,13H,2,4,7-8H2,1H3,(H,23,24)/t10-,11-,13-/m1/s1. The van der Waals surface area contributed by atoms with Crippen molar-refractivity contribution < 1.29 is 31.1 Å². The third-order valence-electron chi connectivity index (χ3n) is 4.52. The second-order valence-electron chi connectivity index (χ2n) is 6.45. The number of sulfone groups is 1. The summed E-state index contributed by atoms with van der Waals surface area (Å²) in [7, 11) is -3.88. The van der Waals surface area contributed by atoms with E-state index in [1.54, 1.807) is 6.07 Å². The van der Waals surface area contributed by atoms with Gasteiger partial charge in [0.25, 0.3) is 0 Å². The van der Waals surface area contributed by atoms with Gasteiger partial charge in [0.2, 0.25) is 5.91 Å². The van der Waals surface area contributed by atoms with E-state index in [1.165, 1.54) is 0 Å². The van der Waals surface area contributed by atoms with Crippen LogP contribution in [0.25, 0.3) is 0 Å². The molecule has 0 saturated heterocycles. The number of nitrogens with zero attached hydrogens (tertiary/aromatic N) is 1. The number of nitrogens with one attached hydrogen (secondary N) is 1. The van der Waals surface area contributed by atoms with Crippen molar-refractivity contribution in [1.29, 1.82) is 5.26 Å². The minimum absolute atomic E-state index is 0.0826. The predicted octanol–water partition coefficient (Wildman–Crippen LogP) is 3.25. The second-order valence-corrected chi connectivity index (χ2v) is 9.05. The smallest absolute Gasteiger partial charge is 0.425 e. The molecule has 0 radical (unpaired) electrons. The summed E-state index contributed by atoms with van der Waals surface area (Å²) in [4.78, 5) is 11.7. The van der Waals surface area contributed by atoms with Gasteiger partial charge in [-0.3, -0.25) is 4.79 Å². The van der Waals surface area contributed by atoms with Crippen LogP contribution in [-0.2, 0) is 14.6 Å². The molecule has 0 aromatic heterocycles. The van der Waals surface area contributed by atoms with Gasteiger partial charge in [-0.05, 0) is 38.3 Å². The zero-order valence-electron chi connectivity index (χ0n) is 14.8. The summed E-state index contributed by atoms with van der Waals surface area (Å²) in [6.45, 7) is 0.672. The lowest BCUT2D eigenvalue weighted by Gasteiger charge is -2.19. The van der Waals surface area contributed by atoms with Crippen molar-refractivity contribution in [3.05, 3.63) is 23.2 Å². The van der Waals surface area contributed by atoms with Crippen molar-refractivity contribution in [2.75, 3.05) is 6.54 Å². The van der Waals surface area contributed by atoms with E-state index in [0.29, 0.717) is 6.42 Å². The summed E-state index contributed by atoms with van der Waals surface area (Å²) < 4.78 is 68.2. The SMILES string of the molecule is C[C@@H](Oc1ccc(S(=O)(=O)[C@@H]2CC[C@@H](C(=O)NCC#N)C2)c(Cl)c1)C(F)(F)F. The molecule has 1 aromatic carbocycles. The molecule has 3 atom stereocenters. The quantitative estimate of drug-likeness (QED) is 0.688. The fraction of sp³-hybridized carbons (Fsp3) is 0.529. The average molecular weight is 439 g/mol. The van der Waals surface area contributed by atoms with Gasteiger partial charge in [-0.2, -0.15) is 18.4 Å². The molecule has 1 amide bonds. The average Bonchev–Trinajstić information content (AvgIpc) is 3.09. The van der Waals surface area contributed by atoms with Gasteiger partial charge >= 0.3 is 6.18 Å². The van der Waals surface area contributed by atoms with E-state index in [2.05, 4.69) is 5.32 Å². The molecule has 0 bridgehead atoms. The number of benzene rings is 1. The van der Waals surface area contributed by atoms with Crippen LogP contribution in [-0.4, -0.2) is 38.4 Å². The molecule has 0 spiro atoms. The number of rotatable bonds is 6. The van der Waals surface area contributed by atoms with Gasteiger partial charge in [-0.1, -0.05) is 11.6 Å². The molecule has 1 aromatic rings. The predicted molar refractivity (Wildman–Crippen MR) is 94.5 cm³/mol. The summed E-state index contributed by atoms with van der Waals surface area (Å²) in [6.07, 6.45) is -5.97. The Morgan fingerprint density at radius 2 is 2.11 bits per heavy atom. The Hall–Kier alpha value is -1.99. The van der Waals surface area contributed by atoms with E-state index in [1.807, 2.05) is 0 Å². The van der Waals surface area contributed by atoms with Crippen molar-refractivity contribution in [1.82, 2.24) is 5.32 Å². The Bertz CT molecular complexity index is 883. The van der Waals surface area contributed by atoms with Crippen LogP contribution in [0.5, 0.6) is 5.75 Å². The van der Waals surface area contributed by atoms with E-state index >= 15 is 0 Å². The molecular weight excluding hydrogens is 421 g/mol. The molecule has 1 saturated carbocycles. The molecule has 154 valence electrons. The summed E-state index contributed by atoms with van der Waals surface area (Å²) in [6, 6.07) is 5.03. The molecule has 0 aliphatic heterocycles. The molecule has 2 rings (SSSR count). The Balaban J connectivity index is 2.14. The van der Waals surface area contributed by atoms with E-state index in [9.17, 15) is 26.4 Å². The lowest BCUT2D eigenvalue weighted by molar-refractivity contribution is -0.189. The largest absolute Gasteiger partial charge is 0.481 e. The van der Waals surface area contributed by atoms with Crippen LogP contribution >= 0.6 is 11.6 Å². The maximum Gasteiger partial charge on any atom is 0.425 e. The van der Waals surface area contributed by atoms with E-state index in [-0.39, 0.29) is 41.0 Å². The minimum Gasteiger partial charge on any atom is -0.481 e. The maximum atomic E-state index is 12.8. The molecule has 1 aliphatic carbocycles. The number of carbonyl (C=O) groups is 1. The summed E-state index contributed by atoms with van der Waals surface area (Å²) >= 11 is 6.00. The molecule has 0 unspecified atom stereocenters. The molecule has 28 heavy (non-hydrogen) atoms. The van der Waals surface area contributed by atoms with Crippen molar-refractivity contribution in [3.8, 4) is 11.8 Å². The normalized spacial score (nSPS) is 21.0. The highest BCUT2D eigenvalue weighted by Crippen LogP contribution is 2.37. The summed E-state index contributed by atoms with van der Waals surface area (Å²) in [5, 5.41) is 9.81. The van der Waals surface area contributed by atoms with Crippen LogP contribution in [0, 0.1) is 17.2 Å². The number of hydrogen-bond acceptors (Lipinski definition) is 5. The molecule has 0 heterocycles. The molecular formula is C17H18ClF3N2O4S. The first-order valence-corrected chi connectivity index (χ1v) is 10.3. The van der Waals surface area contributed by atoms with Crippen molar-refractivity contribution in [3.63, 3.8) is 0 Å². The van der Waals surface area contributed by atoms with Gasteiger partial charge in [0.05, 0.1) is 21.2 Å². The molecule has 1 aliphatic rings. The second kappa shape index (κ2) is 8.57. The fourth-order valence-corrected chi connectivity index (χ4v) is 5.34. The molecule has 1 fully saturated rings. The molecule has 11 heteroatoms. The van der Waals surface area contributed by atoms with Crippen LogP contribution in [0.4, 0.5) is 13.2 Å². The van der Waals surface area contributed by atoms with Gasteiger partial charge in [-0.15, -0.1) is 0 Å². The van der Waals surface area contributed by atoms with Crippen molar-refractivity contribution in [2.45, 2.75) is 48.6 Å². The summed E-state index contributed by atoms with van der Waals surface area (Å²) in [5.41, 5.74) is 0. The van der Waals surface area contributed by atoms with E-state index < -0.39 is 33.3 Å². The highest BCUT2D eigenvalue weighted by atomic mass is 35.5. The van der Waals surface area contributed by atoms with Crippen LogP contribution in [0.3, 0.4) is 0 Å². The van der Waals surface area contributed by atoms with E-state index in [4.69, 9.17) is 21.6 Å². The van der Waals surface area contributed by atoms with Crippen LogP contribution in [0.1, 0.15) is 26.2 Å². The Labute approximate surface area is 165 Å². The monoisotopic (exact) mass is 438 g/mol. The van der Waals surface area contributed by atoms with Gasteiger partial charge in [0, 0.05) is 12.0 Å².